The first kappa shape index (κ1) is 18.5. The van der Waals surface area contributed by atoms with E-state index >= 15 is 0 Å². The molecule has 2 aromatic carbocycles. The monoisotopic (exact) mass is 402 g/mol. The van der Waals surface area contributed by atoms with Crippen LogP contribution in [0.15, 0.2) is 60.8 Å². The summed E-state index contributed by atoms with van der Waals surface area (Å²) in [5.41, 5.74) is 3.97. The van der Waals surface area contributed by atoms with Gasteiger partial charge in [-0.2, -0.15) is 5.10 Å². The highest BCUT2D eigenvalue weighted by molar-refractivity contribution is 5.91. The third-order valence-electron chi connectivity index (χ3n) is 5.58. The number of aromatic nitrogens is 3. The van der Waals surface area contributed by atoms with Crippen molar-refractivity contribution in [1.29, 1.82) is 0 Å². The number of benzene rings is 2. The summed E-state index contributed by atoms with van der Waals surface area (Å²) >= 11 is 0. The summed E-state index contributed by atoms with van der Waals surface area (Å²) in [7, 11) is 0. The number of hydrogen-bond donors (Lipinski definition) is 1. The highest BCUT2D eigenvalue weighted by atomic mass is 19.1. The predicted molar refractivity (Wildman–Crippen MR) is 115 cm³/mol. The SMILES string of the molecule is Fc1ccc(F)c(C2CCCN2c2ccc3[nH]nc(C=Cc4ccccn4)c3c2)c1. The van der Waals surface area contributed by atoms with Gasteiger partial charge in [-0.05, 0) is 73.5 Å². The summed E-state index contributed by atoms with van der Waals surface area (Å²) in [4.78, 5) is 6.45. The smallest absolute Gasteiger partial charge is 0.128 e. The number of pyridine rings is 1. The number of nitrogens with one attached hydrogen (secondary N) is 1. The zero-order valence-corrected chi connectivity index (χ0v) is 16.2. The van der Waals surface area contributed by atoms with Gasteiger partial charge in [-0.3, -0.25) is 10.1 Å². The lowest BCUT2D eigenvalue weighted by Gasteiger charge is -2.27. The highest BCUT2D eigenvalue weighted by Crippen LogP contribution is 2.38. The average molecular weight is 402 g/mol. The van der Waals surface area contributed by atoms with Crippen molar-refractivity contribution in [2.24, 2.45) is 0 Å². The average Bonchev–Trinajstić information content (AvgIpc) is 3.41. The van der Waals surface area contributed by atoms with E-state index in [1.54, 1.807) is 6.20 Å². The first-order chi connectivity index (χ1) is 14.7. The predicted octanol–water partition coefficient (Wildman–Crippen LogP) is 5.75. The Morgan fingerprint density at radius 2 is 1.97 bits per heavy atom. The maximum absolute atomic E-state index is 14.4. The number of H-pyrrole nitrogens is 1. The minimum atomic E-state index is -0.412. The zero-order valence-electron chi connectivity index (χ0n) is 16.2. The molecule has 1 saturated heterocycles. The normalized spacial score (nSPS) is 16.7. The Kier molecular flexibility index (Phi) is 4.75. The lowest BCUT2D eigenvalue weighted by molar-refractivity contribution is 0.561. The quantitative estimate of drug-likeness (QED) is 0.473. The van der Waals surface area contributed by atoms with Crippen LogP contribution in [0.1, 0.15) is 35.8 Å². The van der Waals surface area contributed by atoms with E-state index in [2.05, 4.69) is 26.1 Å². The number of anilines is 1. The van der Waals surface area contributed by atoms with Crippen molar-refractivity contribution in [1.82, 2.24) is 15.2 Å². The van der Waals surface area contributed by atoms with E-state index < -0.39 is 5.82 Å². The molecular weight excluding hydrogens is 382 g/mol. The molecule has 0 radical (unpaired) electrons. The fourth-order valence-corrected chi connectivity index (χ4v) is 4.14. The molecule has 1 atom stereocenters. The van der Waals surface area contributed by atoms with Crippen LogP contribution in [-0.4, -0.2) is 21.7 Å². The molecule has 0 bridgehead atoms. The molecule has 1 aliphatic rings. The molecule has 6 heteroatoms. The van der Waals surface area contributed by atoms with E-state index in [0.29, 0.717) is 5.56 Å². The summed E-state index contributed by atoms with van der Waals surface area (Å²) in [5.74, 6) is -0.776. The Morgan fingerprint density at radius 1 is 1.03 bits per heavy atom. The van der Waals surface area contributed by atoms with Gasteiger partial charge in [0.1, 0.15) is 11.6 Å². The maximum Gasteiger partial charge on any atom is 0.128 e. The van der Waals surface area contributed by atoms with Crippen molar-refractivity contribution < 1.29 is 8.78 Å². The molecule has 4 aromatic rings. The van der Waals surface area contributed by atoms with Crippen LogP contribution >= 0.6 is 0 Å². The minimum Gasteiger partial charge on any atom is -0.364 e. The second-order valence-electron chi connectivity index (χ2n) is 7.44. The van der Waals surface area contributed by atoms with Crippen LogP contribution in [0.5, 0.6) is 0 Å². The van der Waals surface area contributed by atoms with E-state index in [1.165, 1.54) is 12.1 Å². The Morgan fingerprint density at radius 3 is 2.83 bits per heavy atom. The standard InChI is InChI=1S/C24H20F2N4/c25-16-6-9-21(26)19(14-16)24-5-3-13-30(24)18-8-11-23-20(15-18)22(28-29-23)10-7-17-4-1-2-12-27-17/h1-2,4,6-12,14-15,24H,3,5,13H2,(H,28,29). The topological polar surface area (TPSA) is 44.8 Å². The van der Waals surface area contributed by atoms with Crippen molar-refractivity contribution in [2.75, 3.05) is 11.4 Å². The molecule has 150 valence electrons. The molecule has 0 aliphatic carbocycles. The largest absolute Gasteiger partial charge is 0.364 e. The molecule has 2 aromatic heterocycles. The summed E-state index contributed by atoms with van der Waals surface area (Å²) in [6, 6.07) is 15.3. The van der Waals surface area contributed by atoms with Gasteiger partial charge in [0.25, 0.3) is 0 Å². The second kappa shape index (κ2) is 7.71. The van der Waals surface area contributed by atoms with Crippen molar-refractivity contribution in [2.45, 2.75) is 18.9 Å². The first-order valence-corrected chi connectivity index (χ1v) is 9.98. The number of hydrogen-bond acceptors (Lipinski definition) is 3. The van der Waals surface area contributed by atoms with E-state index in [1.807, 2.05) is 42.5 Å². The number of nitrogens with zero attached hydrogens (tertiary/aromatic N) is 3. The Hall–Kier alpha value is -3.54. The molecule has 1 N–H and O–H groups in total. The zero-order chi connectivity index (χ0) is 20.5. The number of halogens is 2. The third kappa shape index (κ3) is 3.45. The molecule has 30 heavy (non-hydrogen) atoms. The Labute approximate surface area is 172 Å². The second-order valence-corrected chi connectivity index (χ2v) is 7.44. The number of aromatic amines is 1. The Balaban J connectivity index is 1.50. The van der Waals surface area contributed by atoms with Crippen LogP contribution in [0.3, 0.4) is 0 Å². The van der Waals surface area contributed by atoms with Crippen LogP contribution in [0.2, 0.25) is 0 Å². The molecule has 3 heterocycles. The van der Waals surface area contributed by atoms with Crippen LogP contribution in [0, 0.1) is 11.6 Å². The number of rotatable bonds is 4. The summed E-state index contributed by atoms with van der Waals surface area (Å²) in [6.45, 7) is 0.795. The van der Waals surface area contributed by atoms with Crippen LogP contribution in [-0.2, 0) is 0 Å². The molecular formula is C24H20F2N4. The lowest BCUT2D eigenvalue weighted by atomic mass is 10.0. The van der Waals surface area contributed by atoms with Gasteiger partial charge >= 0.3 is 0 Å². The lowest BCUT2D eigenvalue weighted by Crippen LogP contribution is -2.23. The van der Waals surface area contributed by atoms with Crippen molar-refractivity contribution >= 4 is 28.7 Å². The van der Waals surface area contributed by atoms with Gasteiger partial charge in [-0.1, -0.05) is 6.07 Å². The van der Waals surface area contributed by atoms with Gasteiger partial charge in [-0.25, -0.2) is 8.78 Å². The van der Waals surface area contributed by atoms with E-state index in [4.69, 9.17) is 0 Å². The fraction of sp³-hybridized carbons (Fsp3) is 0.167. The minimum absolute atomic E-state index is 0.183. The molecule has 0 spiro atoms. The Bertz CT molecular complexity index is 1220. The first-order valence-electron chi connectivity index (χ1n) is 9.98. The van der Waals surface area contributed by atoms with Crippen molar-refractivity contribution in [3.05, 3.63) is 89.4 Å². The van der Waals surface area contributed by atoms with E-state index in [-0.39, 0.29) is 11.9 Å². The van der Waals surface area contributed by atoms with Crippen molar-refractivity contribution in [3.63, 3.8) is 0 Å². The molecule has 0 saturated carbocycles. The van der Waals surface area contributed by atoms with Gasteiger partial charge < -0.3 is 4.90 Å². The molecule has 0 amide bonds. The summed E-state index contributed by atoms with van der Waals surface area (Å²) in [5, 5.41) is 8.44. The number of fused-ring (bicyclic) bond motifs is 1. The van der Waals surface area contributed by atoms with Gasteiger partial charge in [-0.15, -0.1) is 0 Å². The summed E-state index contributed by atoms with van der Waals surface area (Å²) < 4.78 is 28.2. The fourth-order valence-electron chi connectivity index (χ4n) is 4.14. The van der Waals surface area contributed by atoms with E-state index in [0.717, 1.165) is 53.4 Å². The summed E-state index contributed by atoms with van der Waals surface area (Å²) in [6.07, 6.45) is 7.31. The van der Waals surface area contributed by atoms with Crippen LogP contribution < -0.4 is 4.90 Å². The van der Waals surface area contributed by atoms with E-state index in [9.17, 15) is 8.78 Å². The molecule has 1 fully saturated rings. The molecule has 1 aliphatic heterocycles. The van der Waals surface area contributed by atoms with Gasteiger partial charge in [0.05, 0.1) is 22.9 Å². The molecule has 4 nitrogen and oxygen atoms in total. The van der Waals surface area contributed by atoms with Gasteiger partial charge in [0, 0.05) is 29.4 Å². The molecule has 1 unspecified atom stereocenters. The van der Waals surface area contributed by atoms with Crippen LogP contribution in [0.4, 0.5) is 14.5 Å². The maximum atomic E-state index is 14.4. The van der Waals surface area contributed by atoms with Crippen molar-refractivity contribution in [3.8, 4) is 0 Å². The van der Waals surface area contributed by atoms with Crippen LogP contribution in [0.25, 0.3) is 23.1 Å². The van der Waals surface area contributed by atoms with Gasteiger partial charge in [0.2, 0.25) is 0 Å². The third-order valence-corrected chi connectivity index (χ3v) is 5.58. The molecule has 5 rings (SSSR count). The highest BCUT2D eigenvalue weighted by Gasteiger charge is 2.29. The van der Waals surface area contributed by atoms with Gasteiger partial charge in [0.15, 0.2) is 0 Å².